The first-order valence-electron chi connectivity index (χ1n) is 7.69. The van der Waals surface area contributed by atoms with Crippen LogP contribution in [-0.2, 0) is 0 Å². The summed E-state index contributed by atoms with van der Waals surface area (Å²) in [5, 5.41) is 1.05. The molecule has 0 radical (unpaired) electrons. The number of fused-ring (bicyclic) bond motifs is 1. The molecule has 23 heavy (non-hydrogen) atoms. The van der Waals surface area contributed by atoms with Crippen LogP contribution in [0, 0.1) is 0 Å². The number of hydrogen-bond acceptors (Lipinski definition) is 3. The van der Waals surface area contributed by atoms with Gasteiger partial charge in [0.15, 0.2) is 0 Å². The van der Waals surface area contributed by atoms with E-state index >= 15 is 0 Å². The highest BCUT2D eigenvalue weighted by atomic mass is 35.5. The Morgan fingerprint density at radius 2 is 1.65 bits per heavy atom. The van der Waals surface area contributed by atoms with E-state index in [1.165, 1.54) is 16.0 Å². The number of anilines is 1. The Hall–Kier alpha value is -1.84. The fourth-order valence-corrected chi connectivity index (χ4v) is 3.38. The molecule has 0 saturated heterocycles. The summed E-state index contributed by atoms with van der Waals surface area (Å²) >= 11 is 1.73. The van der Waals surface area contributed by atoms with E-state index < -0.39 is 0 Å². The van der Waals surface area contributed by atoms with Crippen molar-refractivity contribution in [3.8, 4) is 0 Å². The molecule has 0 amide bonds. The zero-order valence-electron chi connectivity index (χ0n) is 13.4. The van der Waals surface area contributed by atoms with Crippen molar-refractivity contribution < 1.29 is 0 Å². The Balaban J connectivity index is 0.00000192. The lowest BCUT2D eigenvalue weighted by atomic mass is 10.2. The Kier molecular flexibility index (Phi) is 6.20. The second-order valence-corrected chi connectivity index (χ2v) is 6.18. The number of nitrogens with zero attached hydrogens (tertiary/aromatic N) is 2. The van der Waals surface area contributed by atoms with E-state index in [0.717, 1.165) is 23.6 Å². The SMILES string of the molecule is CCN(CC)c1ccc(/C=C/c2nc3ccccc3s2)cc1.Cl. The maximum absolute atomic E-state index is 4.62. The fraction of sp³-hybridized carbons (Fsp3) is 0.211. The summed E-state index contributed by atoms with van der Waals surface area (Å²) in [5.41, 5.74) is 3.56. The van der Waals surface area contributed by atoms with Crippen LogP contribution >= 0.6 is 23.7 Å². The standard InChI is InChI=1S/C19H20N2S.ClH/c1-3-21(4-2)16-12-9-15(10-13-16)11-14-19-20-17-7-5-6-8-18(17)22-19;/h5-14H,3-4H2,1-2H3;1H/b14-11+;. The van der Waals surface area contributed by atoms with Crippen LogP contribution in [0.15, 0.2) is 48.5 Å². The van der Waals surface area contributed by atoms with Crippen LogP contribution in [0.1, 0.15) is 24.4 Å². The van der Waals surface area contributed by atoms with Crippen molar-refractivity contribution >= 4 is 51.8 Å². The second kappa shape index (κ2) is 8.14. The monoisotopic (exact) mass is 344 g/mol. The molecule has 4 heteroatoms. The molecule has 0 atom stereocenters. The quantitative estimate of drug-likeness (QED) is 0.587. The van der Waals surface area contributed by atoms with Gasteiger partial charge in [0.05, 0.1) is 10.2 Å². The predicted octanol–water partition coefficient (Wildman–Crippen LogP) is 5.73. The van der Waals surface area contributed by atoms with Gasteiger partial charge >= 0.3 is 0 Å². The topological polar surface area (TPSA) is 16.1 Å². The second-order valence-electron chi connectivity index (χ2n) is 5.12. The van der Waals surface area contributed by atoms with E-state index in [9.17, 15) is 0 Å². The summed E-state index contributed by atoms with van der Waals surface area (Å²) in [7, 11) is 0. The van der Waals surface area contributed by atoms with Gasteiger partial charge in [-0.25, -0.2) is 4.98 Å². The Labute approximate surface area is 147 Å². The van der Waals surface area contributed by atoms with E-state index in [2.05, 4.69) is 78.3 Å². The van der Waals surface area contributed by atoms with E-state index in [-0.39, 0.29) is 12.4 Å². The maximum atomic E-state index is 4.62. The molecular formula is C19H21ClN2S. The Morgan fingerprint density at radius 1 is 0.957 bits per heavy atom. The maximum Gasteiger partial charge on any atom is 0.117 e. The fourth-order valence-electron chi connectivity index (χ4n) is 2.51. The lowest BCUT2D eigenvalue weighted by Crippen LogP contribution is -2.21. The van der Waals surface area contributed by atoms with Gasteiger partial charge in [0.1, 0.15) is 5.01 Å². The minimum absolute atomic E-state index is 0. The number of hydrogen-bond donors (Lipinski definition) is 0. The highest BCUT2D eigenvalue weighted by Crippen LogP contribution is 2.23. The van der Waals surface area contributed by atoms with Crippen molar-refractivity contribution in [3.63, 3.8) is 0 Å². The summed E-state index contributed by atoms with van der Waals surface area (Å²) in [6.07, 6.45) is 4.22. The van der Waals surface area contributed by atoms with Gasteiger partial charge in [0.25, 0.3) is 0 Å². The third-order valence-electron chi connectivity index (χ3n) is 3.75. The smallest absolute Gasteiger partial charge is 0.117 e. The van der Waals surface area contributed by atoms with E-state index in [1.807, 2.05) is 6.07 Å². The zero-order valence-corrected chi connectivity index (χ0v) is 15.0. The molecule has 0 fully saturated rings. The van der Waals surface area contributed by atoms with Crippen LogP contribution in [0.5, 0.6) is 0 Å². The molecule has 120 valence electrons. The van der Waals surface area contributed by atoms with Crippen LogP contribution in [0.2, 0.25) is 0 Å². The molecule has 0 unspecified atom stereocenters. The molecule has 0 saturated carbocycles. The Morgan fingerprint density at radius 3 is 2.30 bits per heavy atom. The normalized spacial score (nSPS) is 10.9. The highest BCUT2D eigenvalue weighted by molar-refractivity contribution is 7.19. The van der Waals surface area contributed by atoms with Crippen LogP contribution in [0.3, 0.4) is 0 Å². The van der Waals surface area contributed by atoms with Crippen LogP contribution in [0.25, 0.3) is 22.4 Å². The van der Waals surface area contributed by atoms with Gasteiger partial charge in [-0.1, -0.05) is 30.3 Å². The highest BCUT2D eigenvalue weighted by Gasteiger charge is 2.01. The Bertz CT molecular complexity index is 740. The van der Waals surface area contributed by atoms with Gasteiger partial charge in [-0.2, -0.15) is 0 Å². The number of rotatable bonds is 5. The zero-order chi connectivity index (χ0) is 15.4. The van der Waals surface area contributed by atoms with Crippen LogP contribution in [0.4, 0.5) is 5.69 Å². The molecule has 2 aromatic carbocycles. The van der Waals surface area contributed by atoms with Crippen LogP contribution in [-0.4, -0.2) is 18.1 Å². The molecule has 2 nitrogen and oxygen atoms in total. The lowest BCUT2D eigenvalue weighted by Gasteiger charge is -2.20. The first kappa shape index (κ1) is 17.5. The lowest BCUT2D eigenvalue weighted by molar-refractivity contribution is 0.866. The molecule has 1 aromatic heterocycles. The molecule has 0 N–H and O–H groups in total. The molecule has 0 spiro atoms. The summed E-state index contributed by atoms with van der Waals surface area (Å²) in [5.74, 6) is 0. The average molecular weight is 345 g/mol. The summed E-state index contributed by atoms with van der Waals surface area (Å²) in [4.78, 5) is 6.97. The number of halogens is 1. The number of thiazole rings is 1. The molecule has 3 rings (SSSR count). The molecule has 1 heterocycles. The molecule has 0 aliphatic carbocycles. The largest absolute Gasteiger partial charge is 0.372 e. The number of para-hydroxylation sites is 1. The van der Waals surface area contributed by atoms with Crippen molar-refractivity contribution in [2.75, 3.05) is 18.0 Å². The summed E-state index contributed by atoms with van der Waals surface area (Å²) in [6.45, 7) is 6.45. The number of aromatic nitrogens is 1. The molecule has 0 aliphatic rings. The summed E-state index contributed by atoms with van der Waals surface area (Å²) in [6, 6.07) is 17.0. The first-order valence-corrected chi connectivity index (χ1v) is 8.50. The minimum atomic E-state index is 0. The number of benzene rings is 2. The van der Waals surface area contributed by atoms with Gasteiger partial charge in [0, 0.05) is 18.8 Å². The van der Waals surface area contributed by atoms with Gasteiger partial charge < -0.3 is 4.90 Å². The third kappa shape index (κ3) is 4.12. The molecule has 3 aromatic rings. The predicted molar refractivity (Wildman–Crippen MR) is 106 cm³/mol. The van der Waals surface area contributed by atoms with Crippen molar-refractivity contribution in [2.24, 2.45) is 0 Å². The van der Waals surface area contributed by atoms with Crippen molar-refractivity contribution in [1.29, 1.82) is 0 Å². The minimum Gasteiger partial charge on any atom is -0.372 e. The van der Waals surface area contributed by atoms with Crippen molar-refractivity contribution in [1.82, 2.24) is 4.98 Å². The first-order chi connectivity index (χ1) is 10.8. The van der Waals surface area contributed by atoms with Gasteiger partial charge in [-0.3, -0.25) is 0 Å². The van der Waals surface area contributed by atoms with Crippen molar-refractivity contribution in [2.45, 2.75) is 13.8 Å². The van der Waals surface area contributed by atoms with Crippen molar-refractivity contribution in [3.05, 3.63) is 59.1 Å². The van der Waals surface area contributed by atoms with Crippen LogP contribution < -0.4 is 4.90 Å². The van der Waals surface area contributed by atoms with E-state index in [0.29, 0.717) is 0 Å². The summed E-state index contributed by atoms with van der Waals surface area (Å²) < 4.78 is 1.24. The van der Waals surface area contributed by atoms with Gasteiger partial charge in [-0.05, 0) is 49.8 Å². The van der Waals surface area contributed by atoms with Gasteiger partial charge in [-0.15, -0.1) is 23.7 Å². The average Bonchev–Trinajstić information content (AvgIpc) is 2.98. The molecular weight excluding hydrogens is 324 g/mol. The molecule has 0 bridgehead atoms. The van der Waals surface area contributed by atoms with E-state index in [1.54, 1.807) is 11.3 Å². The van der Waals surface area contributed by atoms with E-state index in [4.69, 9.17) is 0 Å². The third-order valence-corrected chi connectivity index (χ3v) is 4.75. The van der Waals surface area contributed by atoms with Gasteiger partial charge in [0.2, 0.25) is 0 Å². The molecule has 0 aliphatic heterocycles.